The maximum Gasteiger partial charge on any atom is 0.133 e. The minimum atomic E-state index is 0.406. The van der Waals surface area contributed by atoms with Crippen molar-refractivity contribution < 1.29 is 5.11 Å². The van der Waals surface area contributed by atoms with Gasteiger partial charge in [0.25, 0.3) is 0 Å². The minimum Gasteiger partial charge on any atom is -0.506 e. The predicted molar refractivity (Wildman–Crippen MR) is 59.4 cm³/mol. The van der Waals surface area contributed by atoms with E-state index in [0.29, 0.717) is 5.75 Å². The number of benzene rings is 1. The van der Waals surface area contributed by atoms with Crippen molar-refractivity contribution in [1.82, 2.24) is 0 Å². The Morgan fingerprint density at radius 2 is 1.62 bits per heavy atom. The van der Waals surface area contributed by atoms with Gasteiger partial charge < -0.3 is 5.11 Å². The van der Waals surface area contributed by atoms with Crippen LogP contribution in [-0.4, -0.2) is 5.11 Å². The summed E-state index contributed by atoms with van der Waals surface area (Å²) in [5, 5.41) is 9.84. The molecule has 1 nitrogen and oxygen atoms in total. The van der Waals surface area contributed by atoms with Gasteiger partial charge in [-0.3, -0.25) is 0 Å². The van der Waals surface area contributed by atoms with Crippen LogP contribution >= 0.6 is 15.9 Å². The fourth-order valence-electron chi connectivity index (χ4n) is 1.59. The molecule has 0 aromatic heterocycles. The molecule has 2 heteroatoms. The molecule has 0 saturated heterocycles. The Balaban J connectivity index is 3.56. The fraction of sp³-hybridized carbons (Fsp3) is 0.455. The average molecular weight is 243 g/mol. The van der Waals surface area contributed by atoms with Crippen molar-refractivity contribution in [3.63, 3.8) is 0 Å². The van der Waals surface area contributed by atoms with Gasteiger partial charge in [-0.05, 0) is 65.4 Å². The van der Waals surface area contributed by atoms with Gasteiger partial charge in [0.05, 0.1) is 4.47 Å². The second-order valence-corrected chi connectivity index (χ2v) is 4.16. The van der Waals surface area contributed by atoms with Crippen LogP contribution in [0.4, 0.5) is 0 Å². The molecule has 0 amide bonds. The lowest BCUT2D eigenvalue weighted by Crippen LogP contribution is -1.96. The predicted octanol–water partition coefficient (Wildman–Crippen LogP) is 3.64. The van der Waals surface area contributed by atoms with Gasteiger partial charge in [-0.25, -0.2) is 0 Å². The molecule has 0 aliphatic rings. The second-order valence-electron chi connectivity index (χ2n) is 3.37. The van der Waals surface area contributed by atoms with E-state index in [1.165, 1.54) is 11.1 Å². The van der Waals surface area contributed by atoms with E-state index in [1.807, 2.05) is 6.92 Å². The topological polar surface area (TPSA) is 20.2 Å². The monoisotopic (exact) mass is 242 g/mol. The van der Waals surface area contributed by atoms with Gasteiger partial charge in [-0.1, -0.05) is 6.92 Å². The molecule has 0 heterocycles. The summed E-state index contributed by atoms with van der Waals surface area (Å²) in [5.41, 5.74) is 4.66. The van der Waals surface area contributed by atoms with E-state index < -0.39 is 0 Å². The Morgan fingerprint density at radius 1 is 1.08 bits per heavy atom. The van der Waals surface area contributed by atoms with Crippen LogP contribution in [0.2, 0.25) is 0 Å². The molecular weight excluding hydrogens is 228 g/mol. The summed E-state index contributed by atoms with van der Waals surface area (Å²) in [4.78, 5) is 0. The largest absolute Gasteiger partial charge is 0.506 e. The highest BCUT2D eigenvalue weighted by Crippen LogP contribution is 2.36. The number of hydrogen-bond acceptors (Lipinski definition) is 1. The molecule has 1 aromatic carbocycles. The summed E-state index contributed by atoms with van der Waals surface area (Å²) >= 11 is 3.41. The van der Waals surface area contributed by atoms with Crippen LogP contribution in [0, 0.1) is 20.8 Å². The van der Waals surface area contributed by atoms with Crippen LogP contribution < -0.4 is 0 Å². The van der Waals surface area contributed by atoms with Gasteiger partial charge in [0.1, 0.15) is 5.75 Å². The average Bonchev–Trinajstić information content (AvgIpc) is 2.13. The van der Waals surface area contributed by atoms with Crippen LogP contribution in [0.3, 0.4) is 0 Å². The summed E-state index contributed by atoms with van der Waals surface area (Å²) < 4.78 is 0.840. The van der Waals surface area contributed by atoms with Gasteiger partial charge in [0, 0.05) is 0 Å². The van der Waals surface area contributed by atoms with E-state index in [4.69, 9.17) is 0 Å². The van der Waals surface area contributed by atoms with Crippen molar-refractivity contribution in [3.05, 3.63) is 26.7 Å². The molecule has 0 atom stereocenters. The van der Waals surface area contributed by atoms with E-state index in [1.54, 1.807) is 0 Å². The first-order chi connectivity index (χ1) is 6.00. The van der Waals surface area contributed by atoms with Gasteiger partial charge >= 0.3 is 0 Å². The molecule has 13 heavy (non-hydrogen) atoms. The van der Waals surface area contributed by atoms with Crippen molar-refractivity contribution in [2.45, 2.75) is 34.1 Å². The normalized spacial score (nSPS) is 10.5. The van der Waals surface area contributed by atoms with E-state index >= 15 is 0 Å². The SMILES string of the molecule is CCc1c(C)c(C)c(C)c(Br)c1O. The number of hydrogen-bond donors (Lipinski definition) is 1. The van der Waals surface area contributed by atoms with Gasteiger partial charge in [-0.15, -0.1) is 0 Å². The van der Waals surface area contributed by atoms with Crippen LogP contribution in [0.15, 0.2) is 4.47 Å². The lowest BCUT2D eigenvalue weighted by Gasteiger charge is -2.14. The van der Waals surface area contributed by atoms with Crippen LogP contribution in [0.5, 0.6) is 5.75 Å². The van der Waals surface area contributed by atoms with Crippen molar-refractivity contribution in [2.24, 2.45) is 0 Å². The Bertz CT molecular complexity index is 313. The zero-order valence-electron chi connectivity index (χ0n) is 8.53. The van der Waals surface area contributed by atoms with Gasteiger partial charge in [-0.2, -0.15) is 0 Å². The smallest absolute Gasteiger partial charge is 0.133 e. The molecule has 0 saturated carbocycles. The number of rotatable bonds is 1. The summed E-state index contributed by atoms with van der Waals surface area (Å²) in [6.45, 7) is 8.23. The molecule has 1 aromatic rings. The van der Waals surface area contributed by atoms with Crippen LogP contribution in [0.25, 0.3) is 0 Å². The Kier molecular flexibility index (Phi) is 3.01. The second kappa shape index (κ2) is 3.70. The van der Waals surface area contributed by atoms with Crippen molar-refractivity contribution in [2.75, 3.05) is 0 Å². The molecule has 1 N–H and O–H groups in total. The minimum absolute atomic E-state index is 0.406. The lowest BCUT2D eigenvalue weighted by atomic mass is 9.96. The first-order valence-electron chi connectivity index (χ1n) is 4.47. The highest BCUT2D eigenvalue weighted by molar-refractivity contribution is 9.10. The highest BCUT2D eigenvalue weighted by atomic mass is 79.9. The third-order valence-corrected chi connectivity index (χ3v) is 3.72. The Labute approximate surface area is 87.9 Å². The van der Waals surface area contributed by atoms with Crippen molar-refractivity contribution in [3.8, 4) is 5.75 Å². The molecular formula is C11H15BrO. The maximum atomic E-state index is 9.84. The standard InChI is InChI=1S/C11H15BrO/c1-5-9-7(3)6(2)8(4)10(12)11(9)13/h13H,5H2,1-4H3. The van der Waals surface area contributed by atoms with Crippen LogP contribution in [-0.2, 0) is 6.42 Å². The Hall–Kier alpha value is -0.500. The maximum absolute atomic E-state index is 9.84. The number of aromatic hydroxyl groups is 1. The van der Waals surface area contributed by atoms with E-state index in [0.717, 1.165) is 22.0 Å². The number of phenolic OH excluding ortho intramolecular Hbond substituents is 1. The Morgan fingerprint density at radius 3 is 2.08 bits per heavy atom. The first-order valence-corrected chi connectivity index (χ1v) is 5.27. The quantitative estimate of drug-likeness (QED) is 0.798. The zero-order valence-corrected chi connectivity index (χ0v) is 10.1. The third-order valence-electron chi connectivity index (χ3n) is 2.75. The van der Waals surface area contributed by atoms with Gasteiger partial charge in [0.2, 0.25) is 0 Å². The molecule has 0 bridgehead atoms. The van der Waals surface area contributed by atoms with E-state index in [9.17, 15) is 5.11 Å². The molecule has 0 unspecified atom stereocenters. The fourth-order valence-corrected chi connectivity index (χ4v) is 2.13. The molecule has 0 radical (unpaired) electrons. The first kappa shape index (κ1) is 10.6. The molecule has 0 fully saturated rings. The summed E-state index contributed by atoms with van der Waals surface area (Å²) in [5.74, 6) is 0.406. The summed E-state index contributed by atoms with van der Waals surface area (Å²) in [6, 6.07) is 0. The van der Waals surface area contributed by atoms with Gasteiger partial charge in [0.15, 0.2) is 0 Å². The van der Waals surface area contributed by atoms with Crippen LogP contribution in [0.1, 0.15) is 29.2 Å². The molecule has 72 valence electrons. The summed E-state index contributed by atoms with van der Waals surface area (Å²) in [7, 11) is 0. The molecule has 0 aliphatic heterocycles. The zero-order chi connectivity index (χ0) is 10.2. The molecule has 1 rings (SSSR count). The number of halogens is 1. The van der Waals surface area contributed by atoms with E-state index in [2.05, 4.69) is 36.7 Å². The highest BCUT2D eigenvalue weighted by Gasteiger charge is 2.13. The van der Waals surface area contributed by atoms with Crippen molar-refractivity contribution in [1.29, 1.82) is 0 Å². The summed E-state index contributed by atoms with van der Waals surface area (Å²) in [6.07, 6.45) is 0.872. The van der Waals surface area contributed by atoms with Crippen molar-refractivity contribution >= 4 is 15.9 Å². The molecule has 0 aliphatic carbocycles. The van der Waals surface area contributed by atoms with E-state index in [-0.39, 0.29) is 0 Å². The molecule has 0 spiro atoms. The lowest BCUT2D eigenvalue weighted by molar-refractivity contribution is 0.464. The number of phenols is 1. The third kappa shape index (κ3) is 1.60.